The second-order valence-electron chi connectivity index (χ2n) is 5.67. The predicted octanol–water partition coefficient (Wildman–Crippen LogP) is 2.92. The molecule has 1 heterocycles. The predicted molar refractivity (Wildman–Crippen MR) is 86.3 cm³/mol. The molecule has 1 aliphatic heterocycles. The molecule has 1 aromatic rings. The van der Waals surface area contributed by atoms with Crippen LogP contribution < -0.4 is 5.32 Å². The molecule has 2 N–H and O–H groups in total. The number of carboxylic acids is 1. The number of likely N-dealkylation sites (tertiary alicyclic amines) is 1. The van der Waals surface area contributed by atoms with Crippen molar-refractivity contribution in [2.45, 2.75) is 38.6 Å². The second-order valence-corrected chi connectivity index (χ2v) is 6.07. The first-order chi connectivity index (χ1) is 10.5. The van der Waals surface area contributed by atoms with E-state index in [1.807, 2.05) is 17.9 Å². The van der Waals surface area contributed by atoms with Crippen molar-refractivity contribution in [1.82, 2.24) is 4.90 Å². The lowest BCUT2D eigenvalue weighted by molar-refractivity contribution is -0.145. The van der Waals surface area contributed by atoms with Crippen molar-refractivity contribution in [3.05, 3.63) is 28.8 Å². The fourth-order valence-corrected chi connectivity index (χ4v) is 2.84. The first-order valence-corrected chi connectivity index (χ1v) is 7.88. The highest BCUT2D eigenvalue weighted by Crippen LogP contribution is 2.21. The van der Waals surface area contributed by atoms with Gasteiger partial charge in [-0.15, -0.1) is 0 Å². The zero-order valence-corrected chi connectivity index (χ0v) is 13.4. The van der Waals surface area contributed by atoms with Gasteiger partial charge >= 0.3 is 5.97 Å². The van der Waals surface area contributed by atoms with Crippen molar-refractivity contribution in [3.63, 3.8) is 0 Å². The van der Waals surface area contributed by atoms with Gasteiger partial charge in [-0.05, 0) is 50.6 Å². The number of halogens is 1. The summed E-state index contributed by atoms with van der Waals surface area (Å²) in [5.41, 5.74) is 1.51. The Balaban J connectivity index is 1.98. The molecule has 6 heteroatoms. The number of amides is 1. The third kappa shape index (κ3) is 4.45. The van der Waals surface area contributed by atoms with Gasteiger partial charge in [-0.2, -0.15) is 0 Å². The number of piperidine rings is 1. The first kappa shape index (κ1) is 16.8. The topological polar surface area (TPSA) is 69.6 Å². The zero-order valence-electron chi connectivity index (χ0n) is 12.6. The molecule has 1 unspecified atom stereocenters. The second kappa shape index (κ2) is 7.61. The minimum atomic E-state index is -0.945. The smallest absolute Gasteiger partial charge is 0.321 e. The standard InChI is InChI=1S/C16H21ClN2O3/c1-11-5-6-12(9-13(11)17)18-15(20)10-14(16(21)22)19-7-3-2-4-8-19/h5-6,9,14H,2-4,7-8,10H2,1H3,(H,18,20)(H,21,22). The molecule has 1 aromatic carbocycles. The Morgan fingerprint density at radius 1 is 1.32 bits per heavy atom. The quantitative estimate of drug-likeness (QED) is 0.873. The molecule has 0 aliphatic carbocycles. The Labute approximate surface area is 135 Å². The van der Waals surface area contributed by atoms with Crippen LogP contribution in [0.2, 0.25) is 5.02 Å². The largest absolute Gasteiger partial charge is 0.480 e. The van der Waals surface area contributed by atoms with Crippen molar-refractivity contribution in [3.8, 4) is 0 Å². The summed E-state index contributed by atoms with van der Waals surface area (Å²) in [6.45, 7) is 3.35. The van der Waals surface area contributed by atoms with Crippen LogP contribution in [-0.4, -0.2) is 41.0 Å². The number of nitrogens with zero attached hydrogens (tertiary/aromatic N) is 1. The lowest BCUT2D eigenvalue weighted by atomic mass is 10.1. The van der Waals surface area contributed by atoms with Crippen molar-refractivity contribution >= 4 is 29.2 Å². The van der Waals surface area contributed by atoms with Crippen molar-refractivity contribution in [2.75, 3.05) is 18.4 Å². The van der Waals surface area contributed by atoms with Crippen LogP contribution in [0, 0.1) is 6.92 Å². The third-order valence-corrected chi connectivity index (χ3v) is 4.36. The van der Waals surface area contributed by atoms with Crippen LogP contribution in [0.3, 0.4) is 0 Å². The monoisotopic (exact) mass is 324 g/mol. The van der Waals surface area contributed by atoms with Crippen LogP contribution in [0.4, 0.5) is 5.69 Å². The molecule has 0 spiro atoms. The molecular weight excluding hydrogens is 304 g/mol. The summed E-state index contributed by atoms with van der Waals surface area (Å²) in [4.78, 5) is 25.4. The summed E-state index contributed by atoms with van der Waals surface area (Å²) in [5.74, 6) is -1.25. The number of hydrogen-bond donors (Lipinski definition) is 2. The summed E-state index contributed by atoms with van der Waals surface area (Å²) in [5, 5.41) is 12.7. The number of anilines is 1. The molecular formula is C16H21ClN2O3. The van der Waals surface area contributed by atoms with E-state index in [2.05, 4.69) is 5.32 Å². The zero-order chi connectivity index (χ0) is 16.1. The van der Waals surface area contributed by atoms with Gasteiger partial charge in [-0.3, -0.25) is 14.5 Å². The van der Waals surface area contributed by atoms with Gasteiger partial charge in [0.25, 0.3) is 0 Å². The average molecular weight is 325 g/mol. The number of carbonyl (C=O) groups excluding carboxylic acids is 1. The van der Waals surface area contributed by atoms with Gasteiger partial charge in [0, 0.05) is 10.7 Å². The molecule has 1 atom stereocenters. The van der Waals surface area contributed by atoms with Crippen LogP contribution in [0.5, 0.6) is 0 Å². The summed E-state index contributed by atoms with van der Waals surface area (Å²) in [7, 11) is 0. The maximum absolute atomic E-state index is 12.1. The molecule has 1 aliphatic rings. The van der Waals surface area contributed by atoms with Crippen LogP contribution in [0.15, 0.2) is 18.2 Å². The van der Waals surface area contributed by atoms with Gasteiger partial charge in [0.15, 0.2) is 0 Å². The molecule has 2 rings (SSSR count). The molecule has 1 amide bonds. The van der Waals surface area contributed by atoms with E-state index < -0.39 is 12.0 Å². The van der Waals surface area contributed by atoms with E-state index in [1.54, 1.807) is 12.1 Å². The van der Waals surface area contributed by atoms with Crippen LogP contribution in [-0.2, 0) is 9.59 Å². The van der Waals surface area contributed by atoms with Gasteiger partial charge in [-0.1, -0.05) is 24.1 Å². The Bertz CT molecular complexity index is 556. The van der Waals surface area contributed by atoms with Gasteiger partial charge in [0.1, 0.15) is 6.04 Å². The molecule has 0 radical (unpaired) electrons. The minimum Gasteiger partial charge on any atom is -0.480 e. The highest BCUT2D eigenvalue weighted by molar-refractivity contribution is 6.31. The minimum absolute atomic E-state index is 0.0547. The average Bonchev–Trinajstić information content (AvgIpc) is 2.49. The van der Waals surface area contributed by atoms with Crippen LogP contribution in [0.25, 0.3) is 0 Å². The fourth-order valence-electron chi connectivity index (χ4n) is 2.66. The molecule has 22 heavy (non-hydrogen) atoms. The highest BCUT2D eigenvalue weighted by atomic mass is 35.5. The van der Waals surface area contributed by atoms with Crippen LogP contribution in [0.1, 0.15) is 31.2 Å². The number of nitrogens with one attached hydrogen (secondary N) is 1. The molecule has 0 aromatic heterocycles. The third-order valence-electron chi connectivity index (χ3n) is 3.95. The number of carbonyl (C=O) groups is 2. The first-order valence-electron chi connectivity index (χ1n) is 7.50. The number of hydrogen-bond acceptors (Lipinski definition) is 3. The Kier molecular flexibility index (Phi) is 5.80. The van der Waals surface area contributed by atoms with E-state index in [1.165, 1.54) is 0 Å². The number of benzene rings is 1. The number of aliphatic carboxylic acids is 1. The van der Waals surface area contributed by atoms with Gasteiger partial charge in [0.2, 0.25) is 5.91 Å². The van der Waals surface area contributed by atoms with Crippen molar-refractivity contribution < 1.29 is 14.7 Å². The van der Waals surface area contributed by atoms with E-state index >= 15 is 0 Å². The lowest BCUT2D eigenvalue weighted by Gasteiger charge is -2.31. The normalized spacial score (nSPS) is 17.0. The summed E-state index contributed by atoms with van der Waals surface area (Å²) in [6, 6.07) is 4.49. The molecule has 1 fully saturated rings. The van der Waals surface area contributed by atoms with E-state index in [9.17, 15) is 14.7 Å². The maximum atomic E-state index is 12.1. The summed E-state index contributed by atoms with van der Waals surface area (Å²) >= 11 is 6.02. The summed E-state index contributed by atoms with van der Waals surface area (Å²) < 4.78 is 0. The lowest BCUT2D eigenvalue weighted by Crippen LogP contribution is -2.45. The van der Waals surface area contributed by atoms with Gasteiger partial charge in [0.05, 0.1) is 6.42 Å². The van der Waals surface area contributed by atoms with E-state index in [0.29, 0.717) is 10.7 Å². The number of rotatable bonds is 5. The SMILES string of the molecule is Cc1ccc(NC(=O)CC(C(=O)O)N2CCCCC2)cc1Cl. The molecule has 120 valence electrons. The molecule has 0 saturated carbocycles. The van der Waals surface area contributed by atoms with Gasteiger partial charge < -0.3 is 10.4 Å². The fraction of sp³-hybridized carbons (Fsp3) is 0.500. The van der Waals surface area contributed by atoms with E-state index in [4.69, 9.17) is 11.6 Å². The van der Waals surface area contributed by atoms with Gasteiger partial charge in [-0.25, -0.2) is 0 Å². The van der Waals surface area contributed by atoms with E-state index in [-0.39, 0.29) is 12.3 Å². The van der Waals surface area contributed by atoms with Crippen molar-refractivity contribution in [1.29, 1.82) is 0 Å². The molecule has 0 bridgehead atoms. The van der Waals surface area contributed by atoms with E-state index in [0.717, 1.165) is 37.9 Å². The molecule has 1 saturated heterocycles. The van der Waals surface area contributed by atoms with Crippen molar-refractivity contribution in [2.24, 2.45) is 0 Å². The van der Waals surface area contributed by atoms with Crippen LogP contribution >= 0.6 is 11.6 Å². The Hall–Kier alpha value is -1.59. The summed E-state index contributed by atoms with van der Waals surface area (Å²) in [6.07, 6.45) is 3.04. The Morgan fingerprint density at radius 2 is 2.00 bits per heavy atom. The Morgan fingerprint density at radius 3 is 2.59 bits per heavy atom. The number of carboxylic acid groups (broad SMARTS) is 1. The maximum Gasteiger partial charge on any atom is 0.321 e. The molecule has 5 nitrogen and oxygen atoms in total. The number of aryl methyl sites for hydroxylation is 1. The highest BCUT2D eigenvalue weighted by Gasteiger charge is 2.29.